The van der Waals surface area contributed by atoms with Crippen molar-refractivity contribution in [2.45, 2.75) is 0 Å². The lowest BCUT2D eigenvalue weighted by Crippen LogP contribution is -2.17. The molecule has 0 atom stereocenters. The number of carbonyl (C=O) groups is 2. The number of amides is 2. The van der Waals surface area contributed by atoms with Crippen molar-refractivity contribution in [1.29, 1.82) is 0 Å². The molecule has 0 spiro atoms. The van der Waals surface area contributed by atoms with Crippen molar-refractivity contribution in [2.24, 2.45) is 0 Å². The van der Waals surface area contributed by atoms with E-state index in [1.165, 1.54) is 6.08 Å². The van der Waals surface area contributed by atoms with Gasteiger partial charge in [-0.25, -0.2) is 4.98 Å². The second-order valence-corrected chi connectivity index (χ2v) is 6.09. The maximum Gasteiger partial charge on any atom is 0.290 e. The second kappa shape index (κ2) is 6.26. The van der Waals surface area contributed by atoms with E-state index in [1.807, 2.05) is 18.2 Å². The number of thioether (sulfide) groups is 1. The predicted octanol–water partition coefficient (Wildman–Crippen LogP) is 2.95. The summed E-state index contributed by atoms with van der Waals surface area (Å²) in [5, 5.41) is 2.57. The van der Waals surface area contributed by atoms with Crippen molar-refractivity contribution in [3.05, 3.63) is 64.8 Å². The van der Waals surface area contributed by atoms with Crippen molar-refractivity contribution in [2.75, 3.05) is 0 Å². The molecule has 3 aromatic rings. The zero-order chi connectivity index (χ0) is 17.2. The first-order valence-corrected chi connectivity index (χ1v) is 8.06. The summed E-state index contributed by atoms with van der Waals surface area (Å²) in [4.78, 5) is 31.4. The summed E-state index contributed by atoms with van der Waals surface area (Å²) in [7, 11) is 0. The van der Waals surface area contributed by atoms with E-state index >= 15 is 0 Å². The fourth-order valence-electron chi connectivity index (χ4n) is 2.26. The minimum atomic E-state index is -0.427. The maximum atomic E-state index is 11.6. The third-order valence-electron chi connectivity index (χ3n) is 3.35. The van der Waals surface area contributed by atoms with Crippen LogP contribution in [0.1, 0.15) is 17.0 Å². The van der Waals surface area contributed by atoms with Gasteiger partial charge in [0.05, 0.1) is 10.5 Å². The number of hydrogen-bond donors (Lipinski definition) is 1. The molecule has 0 saturated carbocycles. The number of nitrogens with one attached hydrogen (secondary N) is 1. The number of pyridine rings is 2. The molecule has 1 fully saturated rings. The van der Waals surface area contributed by atoms with Gasteiger partial charge in [0.1, 0.15) is 11.5 Å². The number of furan rings is 1. The normalized spacial score (nSPS) is 15.3. The Morgan fingerprint density at radius 1 is 1.20 bits per heavy atom. The Hall–Kier alpha value is -3.37. The number of fused-ring (bicyclic) bond motifs is 1. The number of nitrogens with zero attached hydrogens (tertiary/aromatic N) is 2. The molecule has 6 nitrogen and oxygen atoms in total. The van der Waals surface area contributed by atoms with Crippen LogP contribution < -0.4 is 5.32 Å². The average molecular weight is 347 g/mol. The van der Waals surface area contributed by atoms with Crippen molar-refractivity contribution in [3.8, 4) is 11.8 Å². The highest BCUT2D eigenvalue weighted by molar-refractivity contribution is 8.18. The molecule has 0 aliphatic carbocycles. The molecule has 1 saturated heterocycles. The van der Waals surface area contributed by atoms with Crippen molar-refractivity contribution >= 4 is 40.0 Å². The van der Waals surface area contributed by atoms with E-state index in [9.17, 15) is 9.59 Å². The predicted molar refractivity (Wildman–Crippen MR) is 93.3 cm³/mol. The van der Waals surface area contributed by atoms with Crippen LogP contribution in [-0.4, -0.2) is 21.1 Å². The van der Waals surface area contributed by atoms with E-state index in [1.54, 1.807) is 24.7 Å². The summed E-state index contributed by atoms with van der Waals surface area (Å²) in [5.41, 5.74) is 1.83. The van der Waals surface area contributed by atoms with Crippen LogP contribution in [0.25, 0.3) is 17.0 Å². The van der Waals surface area contributed by atoms with Gasteiger partial charge in [0.2, 0.25) is 0 Å². The number of imide groups is 1. The molecule has 0 bridgehead atoms. The first-order valence-electron chi connectivity index (χ1n) is 7.24. The fourth-order valence-corrected chi connectivity index (χ4v) is 2.92. The van der Waals surface area contributed by atoms with Crippen LogP contribution in [0.15, 0.2) is 52.2 Å². The summed E-state index contributed by atoms with van der Waals surface area (Å²) in [5.74, 6) is 5.99. The van der Waals surface area contributed by atoms with E-state index in [2.05, 4.69) is 27.1 Å². The molecular formula is C18H9N3O3S. The summed E-state index contributed by atoms with van der Waals surface area (Å²) >= 11 is 0.840. The Morgan fingerprint density at radius 2 is 2.12 bits per heavy atom. The number of rotatable bonds is 1. The molecule has 0 radical (unpaired) electrons. The van der Waals surface area contributed by atoms with Crippen LogP contribution in [0.4, 0.5) is 4.79 Å². The Labute approximate surface area is 146 Å². The first kappa shape index (κ1) is 15.2. The van der Waals surface area contributed by atoms with Crippen molar-refractivity contribution in [3.63, 3.8) is 0 Å². The maximum absolute atomic E-state index is 11.6. The zero-order valence-corrected chi connectivity index (χ0v) is 13.5. The minimum absolute atomic E-state index is 0.290. The van der Waals surface area contributed by atoms with Gasteiger partial charge in [0.15, 0.2) is 5.58 Å². The zero-order valence-electron chi connectivity index (χ0n) is 12.6. The molecule has 4 heterocycles. The van der Waals surface area contributed by atoms with Gasteiger partial charge in [0.25, 0.3) is 11.1 Å². The fraction of sp³-hybridized carbons (Fsp3) is 0. The monoisotopic (exact) mass is 347 g/mol. The largest absolute Gasteiger partial charge is 0.455 e. The topological polar surface area (TPSA) is 85.1 Å². The van der Waals surface area contributed by atoms with E-state index < -0.39 is 11.1 Å². The SMILES string of the molecule is O=C1NC(=O)/C(=C\c2cc3cncc(C#Cc4ccccn4)c3o2)S1. The number of carbonyl (C=O) groups excluding carboxylic acids is 2. The molecule has 0 unspecified atom stereocenters. The van der Waals surface area contributed by atoms with E-state index in [0.717, 1.165) is 17.1 Å². The van der Waals surface area contributed by atoms with E-state index in [0.29, 0.717) is 22.6 Å². The van der Waals surface area contributed by atoms with Gasteiger partial charge in [-0.15, -0.1) is 0 Å². The highest BCUT2D eigenvalue weighted by Crippen LogP contribution is 2.28. The number of aromatic nitrogens is 2. The minimum Gasteiger partial charge on any atom is -0.455 e. The lowest BCUT2D eigenvalue weighted by atomic mass is 10.2. The third kappa shape index (κ3) is 3.16. The summed E-state index contributed by atoms with van der Waals surface area (Å²) in [6, 6.07) is 7.24. The first-order chi connectivity index (χ1) is 12.2. The molecule has 2 amide bonds. The van der Waals surface area contributed by atoms with E-state index in [4.69, 9.17) is 4.42 Å². The Kier molecular flexibility index (Phi) is 3.80. The van der Waals surface area contributed by atoms with Gasteiger partial charge in [-0.3, -0.25) is 19.9 Å². The van der Waals surface area contributed by atoms with Crippen molar-refractivity contribution < 1.29 is 14.0 Å². The van der Waals surface area contributed by atoms with Gasteiger partial charge in [0, 0.05) is 30.1 Å². The molecule has 1 aliphatic heterocycles. The van der Waals surface area contributed by atoms with Crippen LogP contribution in [-0.2, 0) is 4.79 Å². The molecule has 7 heteroatoms. The lowest BCUT2D eigenvalue weighted by Gasteiger charge is -1.92. The van der Waals surface area contributed by atoms with Crippen LogP contribution in [0, 0.1) is 11.8 Å². The second-order valence-electron chi connectivity index (χ2n) is 5.07. The van der Waals surface area contributed by atoms with Gasteiger partial charge in [-0.05, 0) is 35.9 Å². The Bertz CT molecular complexity index is 1090. The third-order valence-corrected chi connectivity index (χ3v) is 4.16. The summed E-state index contributed by atoms with van der Waals surface area (Å²) in [6.45, 7) is 0. The molecular weight excluding hydrogens is 338 g/mol. The molecule has 1 N–H and O–H groups in total. The van der Waals surface area contributed by atoms with Crippen LogP contribution in [0.3, 0.4) is 0 Å². The highest BCUT2D eigenvalue weighted by atomic mass is 32.2. The van der Waals surface area contributed by atoms with Crippen LogP contribution >= 0.6 is 11.8 Å². The molecule has 25 heavy (non-hydrogen) atoms. The quantitative estimate of drug-likeness (QED) is 0.538. The molecule has 0 aromatic carbocycles. The lowest BCUT2D eigenvalue weighted by molar-refractivity contribution is -0.115. The van der Waals surface area contributed by atoms with Gasteiger partial charge in [-0.1, -0.05) is 12.0 Å². The smallest absolute Gasteiger partial charge is 0.290 e. The van der Waals surface area contributed by atoms with E-state index in [-0.39, 0.29) is 4.91 Å². The molecule has 1 aliphatic rings. The molecule has 4 rings (SSSR count). The van der Waals surface area contributed by atoms with Gasteiger partial charge < -0.3 is 4.42 Å². The standard InChI is InChI=1S/C18H9N3O3S/c22-17-15(25-18(23)21-17)8-14-7-12-10-19-9-11(16(12)24-14)4-5-13-3-1-2-6-20-13/h1-3,6-10H,(H,21,22,23)/b15-8+. The van der Waals surface area contributed by atoms with Gasteiger partial charge in [-0.2, -0.15) is 0 Å². The Balaban J connectivity index is 1.72. The molecule has 3 aromatic heterocycles. The summed E-state index contributed by atoms with van der Waals surface area (Å²) in [6.07, 6.45) is 6.46. The highest BCUT2D eigenvalue weighted by Gasteiger charge is 2.25. The summed E-state index contributed by atoms with van der Waals surface area (Å²) < 4.78 is 5.79. The van der Waals surface area contributed by atoms with Crippen LogP contribution in [0.5, 0.6) is 0 Å². The number of hydrogen-bond acceptors (Lipinski definition) is 6. The van der Waals surface area contributed by atoms with Crippen molar-refractivity contribution in [1.82, 2.24) is 15.3 Å². The molecule has 120 valence electrons. The van der Waals surface area contributed by atoms with Gasteiger partial charge >= 0.3 is 0 Å². The van der Waals surface area contributed by atoms with Crippen LogP contribution in [0.2, 0.25) is 0 Å². The average Bonchev–Trinajstić information content (AvgIpc) is 3.16. The Morgan fingerprint density at radius 3 is 2.88 bits per heavy atom.